The maximum absolute atomic E-state index is 12.1. The number of carbonyl (C=O) groups is 1. The predicted molar refractivity (Wildman–Crippen MR) is 99.2 cm³/mol. The highest BCUT2D eigenvalue weighted by atomic mass is 32.2. The number of carbonyl (C=O) groups excluding carboxylic acids is 1. The third-order valence-corrected chi connectivity index (χ3v) is 7.55. The van der Waals surface area contributed by atoms with Crippen molar-refractivity contribution in [1.82, 2.24) is 5.32 Å². The van der Waals surface area contributed by atoms with Crippen LogP contribution in [0.3, 0.4) is 0 Å². The molecule has 1 amide bonds. The Bertz CT molecular complexity index is 600. The minimum absolute atomic E-state index is 0.0459. The Morgan fingerprint density at radius 3 is 2.50 bits per heavy atom. The molecule has 128 valence electrons. The Kier molecular flexibility index (Phi) is 5.96. The van der Waals surface area contributed by atoms with Crippen LogP contribution in [0.1, 0.15) is 42.2 Å². The van der Waals surface area contributed by atoms with Gasteiger partial charge in [0.25, 0.3) is 5.91 Å². The lowest BCUT2D eigenvalue weighted by Gasteiger charge is -2.31. The molecule has 0 radical (unpaired) electrons. The first-order valence-electron chi connectivity index (χ1n) is 8.39. The molecule has 0 aromatic heterocycles. The van der Waals surface area contributed by atoms with Crippen LogP contribution in [-0.2, 0) is 4.79 Å². The number of rotatable bonds is 5. The van der Waals surface area contributed by atoms with Crippen molar-refractivity contribution in [3.8, 4) is 11.8 Å². The molecule has 1 saturated carbocycles. The molecule has 0 spiro atoms. The molecule has 3 rings (SSSR count). The molecule has 1 saturated heterocycles. The van der Waals surface area contributed by atoms with Gasteiger partial charge in [-0.25, -0.2) is 0 Å². The number of nitrogens with one attached hydrogen (secondary N) is 1. The lowest BCUT2D eigenvalue weighted by atomic mass is 9.83. The molecule has 0 unspecified atom stereocenters. The van der Waals surface area contributed by atoms with Gasteiger partial charge in [-0.15, -0.1) is 23.5 Å². The average molecular weight is 363 g/mol. The summed E-state index contributed by atoms with van der Waals surface area (Å²) in [5.41, 5.74) is 0.601. The van der Waals surface area contributed by atoms with Crippen LogP contribution >= 0.6 is 23.5 Å². The molecule has 1 aliphatic heterocycles. The summed E-state index contributed by atoms with van der Waals surface area (Å²) >= 11 is 3.94. The second kappa shape index (κ2) is 8.17. The molecule has 1 aliphatic carbocycles. The molecule has 0 bridgehead atoms. The zero-order chi connectivity index (χ0) is 16.8. The lowest BCUT2D eigenvalue weighted by molar-refractivity contribution is -0.124. The number of thioether (sulfide) groups is 2. The van der Waals surface area contributed by atoms with Gasteiger partial charge in [0.15, 0.2) is 6.61 Å². The molecular weight excluding hydrogens is 340 g/mol. The fourth-order valence-electron chi connectivity index (χ4n) is 3.14. The van der Waals surface area contributed by atoms with Gasteiger partial charge in [0.05, 0.1) is 10.7 Å². The summed E-state index contributed by atoms with van der Waals surface area (Å²) in [4.78, 5) is 12.1. The zero-order valence-electron chi connectivity index (χ0n) is 13.6. The van der Waals surface area contributed by atoms with Crippen LogP contribution in [0.4, 0.5) is 0 Å². The lowest BCUT2D eigenvalue weighted by Crippen LogP contribution is -2.50. The number of benzene rings is 1. The average Bonchev–Trinajstić information content (AvgIpc) is 3.16. The van der Waals surface area contributed by atoms with Crippen LogP contribution in [-0.4, -0.2) is 29.6 Å². The van der Waals surface area contributed by atoms with Crippen LogP contribution in [0.25, 0.3) is 0 Å². The van der Waals surface area contributed by atoms with E-state index in [-0.39, 0.29) is 12.5 Å². The first-order chi connectivity index (χ1) is 11.7. The first kappa shape index (κ1) is 17.5. The van der Waals surface area contributed by atoms with Crippen LogP contribution in [0.2, 0.25) is 0 Å². The highest BCUT2D eigenvalue weighted by Crippen LogP contribution is 2.45. The smallest absolute Gasteiger partial charge is 0.259 e. The fourth-order valence-corrected chi connectivity index (χ4v) is 6.00. The van der Waals surface area contributed by atoms with Crippen LogP contribution in [0.15, 0.2) is 24.3 Å². The quantitative estimate of drug-likeness (QED) is 0.861. The van der Waals surface area contributed by atoms with E-state index in [9.17, 15) is 10.1 Å². The van der Waals surface area contributed by atoms with E-state index in [1.165, 1.54) is 17.1 Å². The molecule has 1 N–H and O–H groups in total. The summed E-state index contributed by atoms with van der Waals surface area (Å²) in [7, 11) is 0. The summed E-state index contributed by atoms with van der Waals surface area (Å²) in [6, 6.07) is 10.3. The number of nitrogens with zero attached hydrogens (tertiary/aromatic N) is 1. The standard InChI is InChI=1S/C18H22N2O2S2/c19-13-18(8-2-1-3-9-18)20-16(21)12-22-15-6-4-14(5-7-15)17-23-10-11-24-17/h4-7,17H,1-3,8-12H2,(H,20,21). The van der Waals surface area contributed by atoms with E-state index in [4.69, 9.17) is 4.74 Å². The Labute approximate surface area is 151 Å². The van der Waals surface area contributed by atoms with E-state index in [1.54, 1.807) is 0 Å². The van der Waals surface area contributed by atoms with E-state index >= 15 is 0 Å². The van der Waals surface area contributed by atoms with Gasteiger partial charge in [-0.3, -0.25) is 4.79 Å². The summed E-state index contributed by atoms with van der Waals surface area (Å²) in [6.45, 7) is -0.0459. The maximum Gasteiger partial charge on any atom is 0.259 e. The second-order valence-electron chi connectivity index (χ2n) is 6.23. The molecule has 6 heteroatoms. The molecule has 1 heterocycles. The topological polar surface area (TPSA) is 62.1 Å². The molecule has 0 atom stereocenters. The number of hydrogen-bond acceptors (Lipinski definition) is 5. The van der Waals surface area contributed by atoms with E-state index in [0.29, 0.717) is 10.3 Å². The van der Waals surface area contributed by atoms with Gasteiger partial charge >= 0.3 is 0 Å². The molecule has 4 nitrogen and oxygen atoms in total. The van der Waals surface area contributed by atoms with Crippen molar-refractivity contribution >= 4 is 29.4 Å². The van der Waals surface area contributed by atoms with Crippen molar-refractivity contribution in [3.63, 3.8) is 0 Å². The van der Waals surface area contributed by atoms with Crippen molar-refractivity contribution in [1.29, 1.82) is 5.26 Å². The highest BCUT2D eigenvalue weighted by molar-refractivity contribution is 8.19. The molecule has 2 fully saturated rings. The SMILES string of the molecule is N#CC1(NC(=O)COc2ccc(C3SCCS3)cc2)CCCCC1. The summed E-state index contributed by atoms with van der Waals surface area (Å²) in [5.74, 6) is 2.88. The van der Waals surface area contributed by atoms with Crippen LogP contribution < -0.4 is 10.1 Å². The molecule has 24 heavy (non-hydrogen) atoms. The van der Waals surface area contributed by atoms with Crippen molar-refractivity contribution in [3.05, 3.63) is 29.8 Å². The summed E-state index contributed by atoms with van der Waals surface area (Å²) < 4.78 is 6.10. The number of nitriles is 1. The van der Waals surface area contributed by atoms with Crippen molar-refractivity contribution in [2.45, 2.75) is 42.2 Å². The van der Waals surface area contributed by atoms with E-state index in [2.05, 4.69) is 23.5 Å². The van der Waals surface area contributed by atoms with Crippen molar-refractivity contribution < 1.29 is 9.53 Å². The van der Waals surface area contributed by atoms with E-state index in [1.807, 2.05) is 35.7 Å². The Morgan fingerprint density at radius 1 is 1.21 bits per heavy atom. The van der Waals surface area contributed by atoms with Crippen molar-refractivity contribution in [2.24, 2.45) is 0 Å². The fraction of sp³-hybridized carbons (Fsp3) is 0.556. The number of amides is 1. The molecular formula is C18H22N2O2S2. The van der Waals surface area contributed by atoms with Gasteiger partial charge in [0, 0.05) is 11.5 Å². The largest absolute Gasteiger partial charge is 0.484 e. The Hall–Kier alpha value is -1.32. The normalized spacial score (nSPS) is 20.3. The van der Waals surface area contributed by atoms with E-state index < -0.39 is 5.54 Å². The third kappa shape index (κ3) is 4.40. The van der Waals surface area contributed by atoms with Gasteiger partial charge in [-0.2, -0.15) is 5.26 Å². The van der Waals surface area contributed by atoms with Gasteiger partial charge in [0.2, 0.25) is 0 Å². The van der Waals surface area contributed by atoms with Crippen molar-refractivity contribution in [2.75, 3.05) is 18.1 Å². The molecule has 1 aromatic carbocycles. The molecule has 1 aromatic rings. The van der Waals surface area contributed by atoms with Crippen LogP contribution in [0.5, 0.6) is 5.75 Å². The van der Waals surface area contributed by atoms with Gasteiger partial charge in [-0.05, 0) is 30.5 Å². The van der Waals surface area contributed by atoms with E-state index in [0.717, 1.165) is 32.1 Å². The maximum atomic E-state index is 12.1. The monoisotopic (exact) mass is 362 g/mol. The van der Waals surface area contributed by atoms with Gasteiger partial charge in [-0.1, -0.05) is 31.4 Å². The zero-order valence-corrected chi connectivity index (χ0v) is 15.3. The third-order valence-electron chi connectivity index (χ3n) is 4.44. The Morgan fingerprint density at radius 2 is 1.88 bits per heavy atom. The van der Waals surface area contributed by atoms with Crippen LogP contribution in [0, 0.1) is 11.3 Å². The first-order valence-corrected chi connectivity index (χ1v) is 10.5. The minimum atomic E-state index is -0.695. The van der Waals surface area contributed by atoms with Gasteiger partial charge < -0.3 is 10.1 Å². The predicted octanol–water partition coefficient (Wildman–Crippen LogP) is 3.89. The van der Waals surface area contributed by atoms with Gasteiger partial charge in [0.1, 0.15) is 11.3 Å². The second-order valence-corrected chi connectivity index (χ2v) is 8.96. The highest BCUT2D eigenvalue weighted by Gasteiger charge is 2.33. The number of hydrogen-bond donors (Lipinski definition) is 1. The summed E-state index contributed by atoms with van der Waals surface area (Å²) in [5, 5.41) is 12.3. The molecule has 2 aliphatic rings. The minimum Gasteiger partial charge on any atom is -0.484 e. The Balaban J connectivity index is 1.49. The number of ether oxygens (including phenoxy) is 1. The summed E-state index contributed by atoms with van der Waals surface area (Å²) in [6.07, 6.45) is 4.60.